The van der Waals surface area contributed by atoms with Crippen LogP contribution in [0.4, 0.5) is 4.79 Å². The summed E-state index contributed by atoms with van der Waals surface area (Å²) in [5.74, 6) is 0.0936. The van der Waals surface area contributed by atoms with Crippen molar-refractivity contribution in [2.45, 2.75) is 76.2 Å². The molecule has 3 aliphatic rings. The Bertz CT molecular complexity index is 591. The minimum atomic E-state index is -0.656. The summed E-state index contributed by atoms with van der Waals surface area (Å²) in [6, 6.07) is -0.366. The Hall–Kier alpha value is -1.67. The number of ketones is 1. The summed E-state index contributed by atoms with van der Waals surface area (Å²) in [6.45, 7) is 6.60. The lowest BCUT2D eigenvalue weighted by Gasteiger charge is -2.41. The molecule has 3 rings (SSSR count). The Morgan fingerprint density at radius 1 is 1.30 bits per heavy atom. The topological polar surface area (TPSA) is 94.2 Å². The molecule has 1 aliphatic carbocycles. The van der Waals surface area contributed by atoms with Gasteiger partial charge in [0.05, 0.1) is 30.9 Å². The molecule has 2 atom stereocenters. The molecule has 1 spiro atoms. The van der Waals surface area contributed by atoms with E-state index in [0.717, 1.165) is 0 Å². The van der Waals surface area contributed by atoms with Gasteiger partial charge in [-0.25, -0.2) is 4.79 Å². The Kier molecular flexibility index (Phi) is 5.76. The SMILES string of the molecule is CC(C)(C)OC(=O)N1CCC2(COCC(=O)N2)C1COC1CCC(=O)CC1. The summed E-state index contributed by atoms with van der Waals surface area (Å²) in [5, 5.41) is 3.04. The van der Waals surface area contributed by atoms with Gasteiger partial charge < -0.3 is 24.4 Å². The van der Waals surface area contributed by atoms with Crippen LogP contribution in [0.15, 0.2) is 0 Å². The Morgan fingerprint density at radius 2 is 2.00 bits per heavy atom. The van der Waals surface area contributed by atoms with Crippen molar-refractivity contribution in [1.82, 2.24) is 10.2 Å². The van der Waals surface area contributed by atoms with Crippen LogP contribution >= 0.6 is 0 Å². The first-order valence-electron chi connectivity index (χ1n) is 9.70. The monoisotopic (exact) mass is 382 g/mol. The molecular formula is C19H30N2O6. The van der Waals surface area contributed by atoms with E-state index < -0.39 is 17.2 Å². The van der Waals surface area contributed by atoms with Gasteiger partial charge in [-0.15, -0.1) is 0 Å². The quantitative estimate of drug-likeness (QED) is 0.793. The summed E-state index contributed by atoms with van der Waals surface area (Å²) >= 11 is 0. The first-order valence-corrected chi connectivity index (χ1v) is 9.70. The summed E-state index contributed by atoms with van der Waals surface area (Å²) in [4.78, 5) is 37.8. The third-order valence-corrected chi connectivity index (χ3v) is 5.40. The second-order valence-corrected chi connectivity index (χ2v) is 8.71. The first-order chi connectivity index (χ1) is 12.7. The molecule has 2 aliphatic heterocycles. The van der Waals surface area contributed by atoms with Crippen LogP contribution in [-0.4, -0.2) is 72.3 Å². The van der Waals surface area contributed by atoms with E-state index in [-0.39, 0.29) is 37.0 Å². The van der Waals surface area contributed by atoms with Crippen molar-refractivity contribution in [2.75, 3.05) is 26.4 Å². The molecule has 2 unspecified atom stereocenters. The second kappa shape index (κ2) is 7.75. The molecule has 1 saturated carbocycles. The number of hydrogen-bond acceptors (Lipinski definition) is 6. The first kappa shape index (κ1) is 20.1. The van der Waals surface area contributed by atoms with E-state index in [1.165, 1.54) is 0 Å². The molecule has 2 heterocycles. The number of nitrogens with one attached hydrogen (secondary N) is 1. The normalized spacial score (nSPS) is 29.9. The maximum atomic E-state index is 12.7. The third kappa shape index (κ3) is 4.79. The Morgan fingerprint density at radius 3 is 2.63 bits per heavy atom. The molecular weight excluding hydrogens is 352 g/mol. The Balaban J connectivity index is 1.72. The van der Waals surface area contributed by atoms with Crippen LogP contribution in [0.5, 0.6) is 0 Å². The summed E-state index contributed by atoms with van der Waals surface area (Å²) in [5.41, 5.74) is -1.26. The molecule has 0 aromatic rings. The lowest BCUT2D eigenvalue weighted by Crippen LogP contribution is -2.65. The molecule has 1 N–H and O–H groups in total. The molecule has 0 bridgehead atoms. The van der Waals surface area contributed by atoms with E-state index in [1.54, 1.807) is 4.90 Å². The second-order valence-electron chi connectivity index (χ2n) is 8.71. The Labute approximate surface area is 159 Å². The van der Waals surface area contributed by atoms with Crippen molar-refractivity contribution in [1.29, 1.82) is 0 Å². The van der Waals surface area contributed by atoms with Crippen LogP contribution in [-0.2, 0) is 23.8 Å². The molecule has 27 heavy (non-hydrogen) atoms. The minimum absolute atomic E-state index is 0.000969. The van der Waals surface area contributed by atoms with E-state index in [0.29, 0.717) is 45.3 Å². The number of carbonyl (C=O) groups excluding carboxylic acids is 3. The number of hydrogen-bond donors (Lipinski definition) is 1. The van der Waals surface area contributed by atoms with Crippen molar-refractivity contribution < 1.29 is 28.6 Å². The van der Waals surface area contributed by atoms with Crippen molar-refractivity contribution in [2.24, 2.45) is 0 Å². The number of morpholine rings is 1. The number of nitrogens with zero attached hydrogens (tertiary/aromatic N) is 1. The van der Waals surface area contributed by atoms with Gasteiger partial charge in [-0.2, -0.15) is 0 Å². The van der Waals surface area contributed by atoms with Crippen molar-refractivity contribution in [3.05, 3.63) is 0 Å². The maximum absolute atomic E-state index is 12.7. The number of ether oxygens (including phenoxy) is 3. The summed E-state index contributed by atoms with van der Waals surface area (Å²) in [6.07, 6.45) is 2.66. The van der Waals surface area contributed by atoms with Crippen LogP contribution in [0.2, 0.25) is 0 Å². The van der Waals surface area contributed by atoms with E-state index in [1.807, 2.05) is 20.8 Å². The fourth-order valence-corrected chi connectivity index (χ4v) is 4.03. The lowest BCUT2D eigenvalue weighted by atomic mass is 9.90. The van der Waals surface area contributed by atoms with E-state index in [9.17, 15) is 14.4 Å². The van der Waals surface area contributed by atoms with E-state index in [2.05, 4.69) is 5.32 Å². The van der Waals surface area contributed by atoms with Gasteiger partial charge in [-0.3, -0.25) is 9.59 Å². The van der Waals surface area contributed by atoms with Crippen molar-refractivity contribution in [3.63, 3.8) is 0 Å². The molecule has 2 amide bonds. The molecule has 2 saturated heterocycles. The maximum Gasteiger partial charge on any atom is 0.410 e. The van der Waals surface area contributed by atoms with Gasteiger partial charge in [-0.1, -0.05) is 0 Å². The molecule has 152 valence electrons. The lowest BCUT2D eigenvalue weighted by molar-refractivity contribution is -0.138. The molecule has 8 nitrogen and oxygen atoms in total. The largest absolute Gasteiger partial charge is 0.444 e. The zero-order valence-electron chi connectivity index (χ0n) is 16.4. The molecule has 3 fully saturated rings. The van der Waals surface area contributed by atoms with Gasteiger partial charge in [-0.05, 0) is 40.0 Å². The van der Waals surface area contributed by atoms with Crippen LogP contribution in [0, 0.1) is 0 Å². The number of amides is 2. The van der Waals surface area contributed by atoms with Crippen molar-refractivity contribution in [3.8, 4) is 0 Å². The van der Waals surface area contributed by atoms with Gasteiger partial charge in [0.2, 0.25) is 5.91 Å². The van der Waals surface area contributed by atoms with Crippen LogP contribution in [0.25, 0.3) is 0 Å². The minimum Gasteiger partial charge on any atom is -0.444 e. The number of likely N-dealkylation sites (tertiary alicyclic amines) is 1. The molecule has 0 aromatic heterocycles. The smallest absolute Gasteiger partial charge is 0.410 e. The highest BCUT2D eigenvalue weighted by Crippen LogP contribution is 2.33. The highest BCUT2D eigenvalue weighted by Gasteiger charge is 2.53. The zero-order valence-corrected chi connectivity index (χ0v) is 16.4. The highest BCUT2D eigenvalue weighted by atomic mass is 16.6. The average Bonchev–Trinajstić information content (AvgIpc) is 2.90. The zero-order chi connectivity index (χ0) is 19.7. The molecule has 8 heteroatoms. The van der Waals surface area contributed by atoms with Gasteiger partial charge in [0.15, 0.2) is 0 Å². The predicted molar refractivity (Wildman–Crippen MR) is 96.3 cm³/mol. The van der Waals surface area contributed by atoms with Crippen LogP contribution < -0.4 is 5.32 Å². The number of Topliss-reactive ketones (excluding diaryl/α,β-unsaturated/α-hetero) is 1. The van der Waals surface area contributed by atoms with Gasteiger partial charge in [0, 0.05) is 19.4 Å². The molecule has 0 aromatic carbocycles. The van der Waals surface area contributed by atoms with Gasteiger partial charge in [0.25, 0.3) is 0 Å². The summed E-state index contributed by atoms with van der Waals surface area (Å²) < 4.78 is 17.1. The van der Waals surface area contributed by atoms with E-state index >= 15 is 0 Å². The number of rotatable bonds is 3. The fourth-order valence-electron chi connectivity index (χ4n) is 4.03. The standard InChI is InChI=1S/C19H30N2O6/c1-18(2,3)27-17(24)21-9-8-19(12-25-11-16(23)20-19)15(21)10-26-14-6-4-13(22)5-7-14/h14-15H,4-12H2,1-3H3,(H,20,23). The molecule has 0 radical (unpaired) electrons. The third-order valence-electron chi connectivity index (χ3n) is 5.40. The van der Waals surface area contributed by atoms with Gasteiger partial charge >= 0.3 is 6.09 Å². The van der Waals surface area contributed by atoms with Gasteiger partial charge in [0.1, 0.15) is 18.0 Å². The fraction of sp³-hybridized carbons (Fsp3) is 0.842. The average molecular weight is 382 g/mol. The highest BCUT2D eigenvalue weighted by molar-refractivity contribution is 5.80. The number of carbonyl (C=O) groups is 3. The van der Waals surface area contributed by atoms with E-state index in [4.69, 9.17) is 14.2 Å². The van der Waals surface area contributed by atoms with Crippen LogP contribution in [0.1, 0.15) is 52.9 Å². The van der Waals surface area contributed by atoms with Crippen LogP contribution in [0.3, 0.4) is 0 Å². The van der Waals surface area contributed by atoms with Crippen molar-refractivity contribution >= 4 is 17.8 Å². The summed E-state index contributed by atoms with van der Waals surface area (Å²) in [7, 11) is 0. The predicted octanol–water partition coefficient (Wildman–Crippen LogP) is 1.41.